The van der Waals surface area contributed by atoms with Crippen molar-refractivity contribution in [3.05, 3.63) is 12.4 Å². The third-order valence-corrected chi connectivity index (χ3v) is 2.58. The van der Waals surface area contributed by atoms with Crippen LogP contribution in [0.3, 0.4) is 0 Å². The molecule has 1 heterocycles. The monoisotopic (exact) mass is 298 g/mol. The molecule has 0 aromatic rings. The average Bonchev–Trinajstić information content (AvgIpc) is 2.23. The SMILES string of the molecule is C[C@H]1CN(C(=O)OC(C)(C)C)C=CN1C(=O)OC(C)(C)C. The van der Waals surface area contributed by atoms with Crippen molar-refractivity contribution in [3.63, 3.8) is 0 Å². The number of hydrogen-bond donors (Lipinski definition) is 0. The van der Waals surface area contributed by atoms with E-state index >= 15 is 0 Å². The van der Waals surface area contributed by atoms with Gasteiger partial charge in [-0.3, -0.25) is 9.80 Å². The van der Waals surface area contributed by atoms with Crippen LogP contribution in [-0.2, 0) is 9.47 Å². The summed E-state index contributed by atoms with van der Waals surface area (Å²) in [6, 6.07) is -0.183. The van der Waals surface area contributed by atoms with Gasteiger partial charge >= 0.3 is 12.2 Å². The molecule has 0 spiro atoms. The molecule has 6 heteroatoms. The fourth-order valence-electron chi connectivity index (χ4n) is 1.74. The normalized spacial score (nSPS) is 19.5. The molecule has 0 saturated heterocycles. The summed E-state index contributed by atoms with van der Waals surface area (Å²) >= 11 is 0. The number of carbonyl (C=O) groups is 2. The molecule has 1 rings (SSSR count). The highest BCUT2D eigenvalue weighted by Gasteiger charge is 2.31. The molecule has 21 heavy (non-hydrogen) atoms. The Hall–Kier alpha value is -1.72. The van der Waals surface area contributed by atoms with Crippen LogP contribution in [0, 0.1) is 0 Å². The molecule has 0 aromatic heterocycles. The Kier molecular flexibility index (Phi) is 4.91. The van der Waals surface area contributed by atoms with E-state index in [2.05, 4.69) is 0 Å². The van der Waals surface area contributed by atoms with E-state index in [1.165, 1.54) is 16.0 Å². The zero-order valence-electron chi connectivity index (χ0n) is 14.0. The molecule has 0 N–H and O–H groups in total. The van der Waals surface area contributed by atoms with Gasteiger partial charge < -0.3 is 9.47 Å². The van der Waals surface area contributed by atoms with Crippen molar-refractivity contribution >= 4 is 12.2 Å². The first kappa shape index (κ1) is 17.3. The molecule has 0 saturated carbocycles. The van der Waals surface area contributed by atoms with Gasteiger partial charge in [-0.1, -0.05) is 0 Å². The van der Waals surface area contributed by atoms with Gasteiger partial charge in [0.05, 0.1) is 6.04 Å². The Bertz CT molecular complexity index is 432. The molecule has 0 unspecified atom stereocenters. The van der Waals surface area contributed by atoms with Gasteiger partial charge in [0.1, 0.15) is 11.2 Å². The minimum absolute atomic E-state index is 0.183. The van der Waals surface area contributed by atoms with E-state index in [1.54, 1.807) is 6.20 Å². The number of hydrogen-bond acceptors (Lipinski definition) is 4. The molecular formula is C15H26N2O4. The maximum atomic E-state index is 12.0. The highest BCUT2D eigenvalue weighted by atomic mass is 16.6. The van der Waals surface area contributed by atoms with Crippen LogP contribution in [0.25, 0.3) is 0 Å². The van der Waals surface area contributed by atoms with E-state index in [4.69, 9.17) is 9.47 Å². The summed E-state index contributed by atoms with van der Waals surface area (Å²) in [6.45, 7) is 13.1. The summed E-state index contributed by atoms with van der Waals surface area (Å²) in [6.07, 6.45) is 2.24. The number of carbonyl (C=O) groups excluding carboxylic acids is 2. The third kappa shape index (κ3) is 5.65. The van der Waals surface area contributed by atoms with E-state index in [0.29, 0.717) is 6.54 Å². The quantitative estimate of drug-likeness (QED) is 0.688. The van der Waals surface area contributed by atoms with Crippen molar-refractivity contribution in [1.29, 1.82) is 0 Å². The van der Waals surface area contributed by atoms with Gasteiger partial charge in [-0.2, -0.15) is 0 Å². The first-order chi connectivity index (χ1) is 9.39. The topological polar surface area (TPSA) is 59.1 Å². The predicted octanol–water partition coefficient (Wildman–Crippen LogP) is 3.33. The van der Waals surface area contributed by atoms with Crippen LogP contribution >= 0.6 is 0 Å². The molecule has 1 atom stereocenters. The van der Waals surface area contributed by atoms with Gasteiger partial charge in [0.2, 0.25) is 0 Å². The fourth-order valence-corrected chi connectivity index (χ4v) is 1.74. The Morgan fingerprint density at radius 2 is 1.43 bits per heavy atom. The molecule has 2 amide bonds. The Morgan fingerprint density at radius 1 is 0.952 bits per heavy atom. The lowest BCUT2D eigenvalue weighted by Gasteiger charge is -2.35. The molecule has 0 aromatic carbocycles. The first-order valence-electron chi connectivity index (χ1n) is 7.08. The maximum absolute atomic E-state index is 12.0. The van der Waals surface area contributed by atoms with E-state index in [1.807, 2.05) is 48.5 Å². The van der Waals surface area contributed by atoms with Crippen molar-refractivity contribution in [1.82, 2.24) is 9.80 Å². The molecule has 6 nitrogen and oxygen atoms in total. The Balaban J connectivity index is 2.71. The molecule has 0 radical (unpaired) electrons. The van der Waals surface area contributed by atoms with Crippen LogP contribution in [0.1, 0.15) is 48.5 Å². The molecule has 0 aliphatic carbocycles. The van der Waals surface area contributed by atoms with E-state index in [0.717, 1.165) is 0 Å². The van der Waals surface area contributed by atoms with Crippen LogP contribution < -0.4 is 0 Å². The second kappa shape index (κ2) is 5.95. The highest BCUT2D eigenvalue weighted by molar-refractivity contribution is 5.72. The van der Waals surface area contributed by atoms with Crippen molar-refractivity contribution < 1.29 is 19.1 Å². The number of amides is 2. The maximum Gasteiger partial charge on any atom is 0.414 e. The summed E-state index contributed by atoms with van der Waals surface area (Å²) in [7, 11) is 0. The van der Waals surface area contributed by atoms with Gasteiger partial charge in [0.25, 0.3) is 0 Å². The summed E-state index contributed by atoms with van der Waals surface area (Å²) < 4.78 is 10.6. The third-order valence-electron chi connectivity index (χ3n) is 2.58. The Labute approximate surface area is 126 Å². The van der Waals surface area contributed by atoms with Gasteiger partial charge in [-0.15, -0.1) is 0 Å². The van der Waals surface area contributed by atoms with Crippen molar-refractivity contribution in [2.75, 3.05) is 6.54 Å². The van der Waals surface area contributed by atoms with E-state index in [-0.39, 0.29) is 6.04 Å². The second-order valence-electron chi connectivity index (χ2n) is 7.17. The molecule has 120 valence electrons. The van der Waals surface area contributed by atoms with E-state index in [9.17, 15) is 9.59 Å². The molecule has 0 fully saturated rings. The number of rotatable bonds is 0. The van der Waals surface area contributed by atoms with Crippen LogP contribution in [0.5, 0.6) is 0 Å². The predicted molar refractivity (Wildman–Crippen MR) is 79.6 cm³/mol. The van der Waals surface area contributed by atoms with Gasteiger partial charge in [-0.05, 0) is 48.5 Å². The highest BCUT2D eigenvalue weighted by Crippen LogP contribution is 2.18. The lowest BCUT2D eigenvalue weighted by atomic mass is 10.2. The smallest absolute Gasteiger partial charge is 0.414 e. The first-order valence-corrected chi connectivity index (χ1v) is 7.08. The van der Waals surface area contributed by atoms with Crippen molar-refractivity contribution in [2.45, 2.75) is 65.7 Å². The summed E-state index contributed by atoms with van der Waals surface area (Å²) in [5, 5.41) is 0. The minimum atomic E-state index is -0.549. The minimum Gasteiger partial charge on any atom is -0.443 e. The van der Waals surface area contributed by atoms with Crippen LogP contribution in [0.2, 0.25) is 0 Å². The molecular weight excluding hydrogens is 272 g/mol. The zero-order valence-corrected chi connectivity index (χ0v) is 14.0. The van der Waals surface area contributed by atoms with E-state index < -0.39 is 23.4 Å². The van der Waals surface area contributed by atoms with Crippen molar-refractivity contribution in [2.24, 2.45) is 0 Å². The summed E-state index contributed by atoms with van der Waals surface area (Å²) in [5.74, 6) is 0. The number of nitrogens with zero attached hydrogens (tertiary/aromatic N) is 2. The lowest BCUT2D eigenvalue weighted by Crippen LogP contribution is -2.48. The average molecular weight is 298 g/mol. The molecule has 1 aliphatic heterocycles. The van der Waals surface area contributed by atoms with Gasteiger partial charge in [-0.25, -0.2) is 9.59 Å². The molecule has 1 aliphatic rings. The van der Waals surface area contributed by atoms with Crippen LogP contribution in [-0.4, -0.2) is 45.8 Å². The summed E-state index contributed by atoms with van der Waals surface area (Å²) in [4.78, 5) is 27.0. The zero-order chi connectivity index (χ0) is 16.4. The summed E-state index contributed by atoms with van der Waals surface area (Å²) in [5.41, 5.74) is -1.09. The van der Waals surface area contributed by atoms with Crippen molar-refractivity contribution in [3.8, 4) is 0 Å². The number of ether oxygens (including phenoxy) is 2. The van der Waals surface area contributed by atoms with Gasteiger partial charge in [0.15, 0.2) is 0 Å². The lowest BCUT2D eigenvalue weighted by molar-refractivity contribution is 0.0132. The second-order valence-corrected chi connectivity index (χ2v) is 7.17. The fraction of sp³-hybridized carbons (Fsp3) is 0.733. The van der Waals surface area contributed by atoms with Crippen LogP contribution in [0.4, 0.5) is 9.59 Å². The van der Waals surface area contributed by atoms with Gasteiger partial charge in [0, 0.05) is 18.9 Å². The van der Waals surface area contributed by atoms with Crippen LogP contribution in [0.15, 0.2) is 12.4 Å². The molecule has 0 bridgehead atoms. The largest absolute Gasteiger partial charge is 0.443 e. The standard InChI is InChI=1S/C15H26N2O4/c1-11-10-16(12(18)20-14(2,3)4)8-9-17(11)13(19)21-15(5,6)7/h8-9,11H,10H2,1-7H3/t11-/m0/s1. The Morgan fingerprint density at radius 3 is 1.86 bits per heavy atom.